The number of aliphatic imine (C=N–C) groups is 1. The first kappa shape index (κ1) is 23.2. The highest BCUT2D eigenvalue weighted by atomic mass is 35.5. The summed E-state index contributed by atoms with van der Waals surface area (Å²) in [5.41, 5.74) is 2.00. The Morgan fingerprint density at radius 1 is 1.16 bits per heavy atom. The van der Waals surface area contributed by atoms with E-state index in [0.717, 1.165) is 23.1 Å². The number of nitrogens with one attached hydrogen (secondary N) is 1. The third-order valence-electron chi connectivity index (χ3n) is 3.76. The largest absolute Gasteiger partial charge is 0.434 e. The fraction of sp³-hybridized carbons (Fsp3) is 0.0556. The molecule has 2 heterocycles. The van der Waals surface area contributed by atoms with Crippen molar-refractivity contribution in [2.75, 3.05) is 5.32 Å². The zero-order valence-electron chi connectivity index (χ0n) is 15.6. The van der Waals surface area contributed by atoms with Gasteiger partial charge in [0.05, 0.1) is 45.6 Å². The zero-order valence-corrected chi connectivity index (χ0v) is 17.1. The molecule has 0 saturated heterocycles. The molecule has 1 aromatic carbocycles. The third-order valence-corrected chi connectivity index (χ3v) is 4.36. The SMILES string of the molecule is NC=C(C(=O)Nc1cnc(-n2nccn2)c(Cl)c1)C(=Nc1cc(F)ccc1Cl)C(F)(F)F. The lowest BCUT2D eigenvalue weighted by Gasteiger charge is -2.15. The lowest BCUT2D eigenvalue weighted by molar-refractivity contribution is -0.113. The Balaban J connectivity index is 1.93. The van der Waals surface area contributed by atoms with Gasteiger partial charge in [0.25, 0.3) is 5.91 Å². The summed E-state index contributed by atoms with van der Waals surface area (Å²) in [4.78, 5) is 21.0. The van der Waals surface area contributed by atoms with E-state index in [4.69, 9.17) is 28.9 Å². The van der Waals surface area contributed by atoms with Gasteiger partial charge in [-0.2, -0.15) is 23.4 Å². The van der Waals surface area contributed by atoms with Crippen molar-refractivity contribution in [1.82, 2.24) is 20.0 Å². The second-order valence-electron chi connectivity index (χ2n) is 5.94. The lowest BCUT2D eigenvalue weighted by atomic mass is 10.1. The van der Waals surface area contributed by atoms with Crippen molar-refractivity contribution in [3.8, 4) is 5.82 Å². The number of carbonyl (C=O) groups excluding carboxylic acids is 1. The lowest BCUT2D eigenvalue weighted by Crippen LogP contribution is -2.32. The Kier molecular flexibility index (Phi) is 6.75. The minimum absolute atomic E-state index is 0.00790. The van der Waals surface area contributed by atoms with E-state index in [1.165, 1.54) is 18.5 Å². The van der Waals surface area contributed by atoms with Gasteiger partial charge in [-0.15, -0.1) is 4.80 Å². The smallest absolute Gasteiger partial charge is 0.404 e. The summed E-state index contributed by atoms with van der Waals surface area (Å²) in [6.07, 6.45) is -0.802. The fourth-order valence-electron chi connectivity index (χ4n) is 2.40. The van der Waals surface area contributed by atoms with E-state index in [0.29, 0.717) is 12.3 Å². The van der Waals surface area contributed by atoms with Gasteiger partial charge >= 0.3 is 6.18 Å². The van der Waals surface area contributed by atoms with Crippen LogP contribution >= 0.6 is 23.2 Å². The van der Waals surface area contributed by atoms with Crippen molar-refractivity contribution in [1.29, 1.82) is 0 Å². The normalized spacial score (nSPS) is 12.7. The first-order chi connectivity index (χ1) is 15.1. The Labute approximate surface area is 187 Å². The molecule has 1 amide bonds. The predicted molar refractivity (Wildman–Crippen MR) is 110 cm³/mol. The maximum atomic E-state index is 13.7. The zero-order chi connectivity index (χ0) is 23.5. The molecule has 2 aromatic heterocycles. The van der Waals surface area contributed by atoms with Crippen LogP contribution in [0.2, 0.25) is 10.0 Å². The number of carbonyl (C=O) groups is 1. The second-order valence-corrected chi connectivity index (χ2v) is 6.75. The number of pyridine rings is 1. The number of anilines is 1. The number of hydrogen-bond acceptors (Lipinski definition) is 6. The molecule has 166 valence electrons. The number of alkyl halides is 3. The number of nitrogens with two attached hydrogens (primary N) is 1. The Bertz CT molecular complexity index is 1210. The van der Waals surface area contributed by atoms with Crippen LogP contribution in [0.3, 0.4) is 0 Å². The number of rotatable bonds is 5. The summed E-state index contributed by atoms with van der Waals surface area (Å²) in [5.74, 6) is -2.01. The summed E-state index contributed by atoms with van der Waals surface area (Å²) in [7, 11) is 0. The average molecular weight is 488 g/mol. The molecule has 0 aliphatic rings. The number of aromatic nitrogens is 4. The van der Waals surface area contributed by atoms with Crippen LogP contribution < -0.4 is 11.1 Å². The Hall–Kier alpha value is -3.51. The number of hydrogen-bond donors (Lipinski definition) is 2. The van der Waals surface area contributed by atoms with Gasteiger partial charge in [-0.05, 0) is 18.2 Å². The molecule has 0 fully saturated rings. The van der Waals surface area contributed by atoms with Gasteiger partial charge < -0.3 is 11.1 Å². The highest BCUT2D eigenvalue weighted by Crippen LogP contribution is 2.31. The van der Waals surface area contributed by atoms with Crippen LogP contribution in [0.15, 0.2) is 59.6 Å². The van der Waals surface area contributed by atoms with E-state index >= 15 is 0 Å². The quantitative estimate of drug-likeness (QED) is 0.318. The van der Waals surface area contributed by atoms with Gasteiger partial charge in [0, 0.05) is 12.3 Å². The molecule has 32 heavy (non-hydrogen) atoms. The van der Waals surface area contributed by atoms with Crippen molar-refractivity contribution in [3.63, 3.8) is 0 Å². The molecule has 0 radical (unpaired) electrons. The highest BCUT2D eigenvalue weighted by Gasteiger charge is 2.40. The maximum absolute atomic E-state index is 13.7. The van der Waals surface area contributed by atoms with Crippen LogP contribution in [0.4, 0.5) is 28.9 Å². The number of halogens is 6. The van der Waals surface area contributed by atoms with Crippen LogP contribution in [-0.2, 0) is 4.79 Å². The van der Waals surface area contributed by atoms with Crippen molar-refractivity contribution in [3.05, 3.63) is 70.5 Å². The van der Waals surface area contributed by atoms with Gasteiger partial charge in [-0.25, -0.2) is 14.4 Å². The fourth-order valence-corrected chi connectivity index (χ4v) is 2.80. The molecule has 0 bridgehead atoms. The second kappa shape index (κ2) is 9.32. The minimum atomic E-state index is -5.12. The molecule has 14 heteroatoms. The van der Waals surface area contributed by atoms with Gasteiger partial charge in [0.2, 0.25) is 0 Å². The molecule has 0 aliphatic heterocycles. The summed E-state index contributed by atoms with van der Waals surface area (Å²) in [5, 5.41) is 9.65. The predicted octanol–water partition coefficient (Wildman–Crippen LogP) is 4.22. The molecule has 3 N–H and O–H groups in total. The molecule has 0 aliphatic carbocycles. The monoisotopic (exact) mass is 487 g/mol. The summed E-state index contributed by atoms with van der Waals surface area (Å²) in [6, 6.07) is 3.89. The summed E-state index contributed by atoms with van der Waals surface area (Å²) < 4.78 is 54.4. The van der Waals surface area contributed by atoms with Crippen molar-refractivity contribution in [2.24, 2.45) is 10.7 Å². The van der Waals surface area contributed by atoms with Crippen LogP contribution in [0.5, 0.6) is 0 Å². The van der Waals surface area contributed by atoms with E-state index in [-0.39, 0.29) is 21.6 Å². The van der Waals surface area contributed by atoms with E-state index in [2.05, 4.69) is 25.5 Å². The molecular formula is C18H11Cl2F4N7O. The van der Waals surface area contributed by atoms with Crippen molar-refractivity contribution < 1.29 is 22.4 Å². The number of nitrogens with zero attached hydrogens (tertiary/aromatic N) is 5. The molecule has 8 nitrogen and oxygen atoms in total. The Morgan fingerprint density at radius 3 is 2.44 bits per heavy atom. The van der Waals surface area contributed by atoms with E-state index in [9.17, 15) is 22.4 Å². The topological polar surface area (TPSA) is 111 Å². The molecule has 0 atom stereocenters. The third kappa shape index (κ3) is 5.21. The number of amides is 1. The van der Waals surface area contributed by atoms with Gasteiger partial charge in [-0.1, -0.05) is 23.2 Å². The van der Waals surface area contributed by atoms with Crippen LogP contribution in [0, 0.1) is 5.82 Å². The number of benzene rings is 1. The van der Waals surface area contributed by atoms with Crippen LogP contribution in [0.1, 0.15) is 0 Å². The van der Waals surface area contributed by atoms with Gasteiger partial charge in [-0.3, -0.25) is 4.79 Å². The Morgan fingerprint density at radius 2 is 1.84 bits per heavy atom. The highest BCUT2D eigenvalue weighted by molar-refractivity contribution is 6.34. The van der Waals surface area contributed by atoms with Crippen molar-refractivity contribution >= 4 is 46.2 Å². The molecular weight excluding hydrogens is 477 g/mol. The van der Waals surface area contributed by atoms with Gasteiger partial charge in [0.15, 0.2) is 11.5 Å². The first-order valence-electron chi connectivity index (χ1n) is 8.47. The van der Waals surface area contributed by atoms with Crippen molar-refractivity contribution in [2.45, 2.75) is 6.18 Å². The summed E-state index contributed by atoms with van der Waals surface area (Å²) >= 11 is 11.9. The maximum Gasteiger partial charge on any atom is 0.434 e. The first-order valence-corrected chi connectivity index (χ1v) is 9.22. The minimum Gasteiger partial charge on any atom is -0.404 e. The van der Waals surface area contributed by atoms with Gasteiger partial charge in [0.1, 0.15) is 5.82 Å². The van der Waals surface area contributed by atoms with Crippen LogP contribution in [0.25, 0.3) is 5.82 Å². The van der Waals surface area contributed by atoms with E-state index in [1.54, 1.807) is 0 Å². The molecule has 0 unspecified atom stereocenters. The van der Waals surface area contributed by atoms with E-state index in [1.807, 2.05) is 0 Å². The van der Waals surface area contributed by atoms with E-state index < -0.39 is 34.9 Å². The average Bonchev–Trinajstić information content (AvgIpc) is 3.24. The molecule has 0 saturated carbocycles. The molecule has 3 aromatic rings. The standard InChI is InChI=1S/C18H11Cl2F4N7O/c19-12-2-1-9(21)5-14(12)30-15(18(22,23)24)11(7-25)17(32)29-10-6-13(20)16(26-8-10)31-27-3-4-28-31/h1-8H,25H2,(H,29,32). The summed E-state index contributed by atoms with van der Waals surface area (Å²) in [6.45, 7) is 0. The molecule has 3 rings (SSSR count). The molecule has 0 spiro atoms. The van der Waals surface area contributed by atoms with Crippen LogP contribution in [-0.4, -0.2) is 37.8 Å².